The number of aldehydes is 1. The van der Waals surface area contributed by atoms with Crippen molar-refractivity contribution in [3.63, 3.8) is 0 Å². The van der Waals surface area contributed by atoms with Gasteiger partial charge in [0.2, 0.25) is 0 Å². The number of hydrogen-bond donors (Lipinski definition) is 2. The highest BCUT2D eigenvalue weighted by Gasteiger charge is 2.11. The van der Waals surface area contributed by atoms with Crippen LogP contribution in [0.3, 0.4) is 0 Å². The predicted molar refractivity (Wildman–Crippen MR) is 81.3 cm³/mol. The van der Waals surface area contributed by atoms with Crippen molar-refractivity contribution in [3.05, 3.63) is 35.9 Å². The summed E-state index contributed by atoms with van der Waals surface area (Å²) in [5.74, 6) is 0. The molecule has 0 saturated heterocycles. The SMILES string of the molecule is CC(C)NCC(C=O)SC(N)=O.Cc1ccccc1. The smallest absolute Gasteiger partial charge is 0.277 e. The Labute approximate surface area is 119 Å². The van der Waals surface area contributed by atoms with Gasteiger partial charge in [-0.1, -0.05) is 61.5 Å². The first kappa shape index (κ1) is 17.7. The Balaban J connectivity index is 0.000000388. The number of nitrogens with two attached hydrogens (primary N) is 1. The number of benzene rings is 1. The van der Waals surface area contributed by atoms with Crippen molar-refractivity contribution in [1.82, 2.24) is 5.32 Å². The van der Waals surface area contributed by atoms with Gasteiger partial charge in [-0.2, -0.15) is 0 Å². The number of carbonyl (C=O) groups is 2. The number of aryl methyl sites for hydroxylation is 1. The molecule has 0 spiro atoms. The third-order valence-corrected chi connectivity index (χ3v) is 2.90. The van der Waals surface area contributed by atoms with Crippen molar-refractivity contribution in [2.45, 2.75) is 32.1 Å². The molecule has 0 radical (unpaired) electrons. The molecular formula is C14H22N2O2S. The number of rotatable bonds is 5. The van der Waals surface area contributed by atoms with Gasteiger partial charge in [0, 0.05) is 12.6 Å². The average Bonchev–Trinajstić information content (AvgIpc) is 2.35. The van der Waals surface area contributed by atoms with Crippen LogP contribution in [0.15, 0.2) is 30.3 Å². The van der Waals surface area contributed by atoms with Crippen molar-refractivity contribution < 1.29 is 9.59 Å². The fourth-order valence-electron chi connectivity index (χ4n) is 1.15. The van der Waals surface area contributed by atoms with Gasteiger partial charge in [-0.05, 0) is 6.92 Å². The maximum absolute atomic E-state index is 10.4. The number of hydrogen-bond acceptors (Lipinski definition) is 4. The normalized spacial score (nSPS) is 11.4. The second-order valence-corrected chi connectivity index (χ2v) is 5.57. The topological polar surface area (TPSA) is 72.2 Å². The zero-order chi connectivity index (χ0) is 14.7. The molecule has 1 amide bonds. The van der Waals surface area contributed by atoms with Crippen LogP contribution in [0.5, 0.6) is 0 Å². The summed E-state index contributed by atoms with van der Waals surface area (Å²) in [5.41, 5.74) is 6.23. The minimum atomic E-state index is -0.516. The number of nitrogens with one attached hydrogen (secondary N) is 1. The van der Waals surface area contributed by atoms with Crippen LogP contribution in [0, 0.1) is 6.92 Å². The molecule has 0 aliphatic carbocycles. The van der Waals surface area contributed by atoms with E-state index in [2.05, 4.69) is 24.4 Å². The van der Waals surface area contributed by atoms with E-state index >= 15 is 0 Å². The van der Waals surface area contributed by atoms with Crippen molar-refractivity contribution in [1.29, 1.82) is 0 Å². The minimum absolute atomic E-state index is 0.306. The van der Waals surface area contributed by atoms with Gasteiger partial charge < -0.3 is 15.8 Å². The highest BCUT2D eigenvalue weighted by Crippen LogP contribution is 2.06. The molecule has 0 aliphatic rings. The molecule has 1 aromatic rings. The first-order valence-corrected chi connectivity index (χ1v) is 7.00. The quantitative estimate of drug-likeness (QED) is 0.813. The maximum Gasteiger partial charge on any atom is 0.277 e. The zero-order valence-corrected chi connectivity index (χ0v) is 12.4. The molecule has 3 N–H and O–H groups in total. The molecule has 19 heavy (non-hydrogen) atoms. The molecule has 0 aromatic heterocycles. The van der Waals surface area contributed by atoms with Gasteiger partial charge >= 0.3 is 0 Å². The second-order valence-electron chi connectivity index (χ2n) is 4.33. The van der Waals surface area contributed by atoms with E-state index in [0.717, 1.165) is 18.0 Å². The predicted octanol–water partition coefficient (Wildman–Crippen LogP) is 2.36. The molecule has 106 valence electrons. The first-order valence-electron chi connectivity index (χ1n) is 6.12. The van der Waals surface area contributed by atoms with Crippen LogP contribution in [0.4, 0.5) is 4.79 Å². The lowest BCUT2D eigenvalue weighted by Crippen LogP contribution is -2.32. The molecular weight excluding hydrogens is 260 g/mol. The lowest BCUT2D eigenvalue weighted by Gasteiger charge is -2.11. The standard InChI is InChI=1S/C7H14N2O2S.C7H8/c1-5(2)9-3-6(4-10)12-7(8)11;1-7-5-3-2-4-6-7/h4-6,9H,3H2,1-2H3,(H2,8,11);2-6H,1H3. The van der Waals surface area contributed by atoms with Gasteiger partial charge in [0.15, 0.2) is 0 Å². The van der Waals surface area contributed by atoms with Gasteiger partial charge in [-0.3, -0.25) is 4.79 Å². The lowest BCUT2D eigenvalue weighted by molar-refractivity contribution is -0.107. The zero-order valence-electron chi connectivity index (χ0n) is 11.6. The largest absolute Gasteiger partial charge is 0.360 e. The van der Waals surface area contributed by atoms with Crippen molar-refractivity contribution in [2.24, 2.45) is 5.73 Å². The van der Waals surface area contributed by atoms with Crippen LogP contribution >= 0.6 is 11.8 Å². The molecule has 0 aliphatic heterocycles. The fourth-order valence-corrected chi connectivity index (χ4v) is 1.69. The second kappa shape index (κ2) is 10.6. The Hall–Kier alpha value is -1.33. The summed E-state index contributed by atoms with van der Waals surface area (Å²) < 4.78 is 0. The van der Waals surface area contributed by atoms with E-state index in [1.54, 1.807) is 0 Å². The van der Waals surface area contributed by atoms with Crippen LogP contribution < -0.4 is 11.1 Å². The van der Waals surface area contributed by atoms with E-state index in [1.165, 1.54) is 5.56 Å². The van der Waals surface area contributed by atoms with Crippen molar-refractivity contribution in [2.75, 3.05) is 6.54 Å². The number of thioether (sulfide) groups is 1. The maximum atomic E-state index is 10.4. The molecule has 1 unspecified atom stereocenters. The van der Waals surface area contributed by atoms with Gasteiger partial charge in [-0.25, -0.2) is 0 Å². The highest BCUT2D eigenvalue weighted by molar-refractivity contribution is 8.14. The summed E-state index contributed by atoms with van der Waals surface area (Å²) >= 11 is 0.850. The van der Waals surface area contributed by atoms with Crippen LogP contribution in [-0.4, -0.2) is 29.4 Å². The van der Waals surface area contributed by atoms with E-state index in [0.29, 0.717) is 12.6 Å². The Bertz CT molecular complexity index is 369. The van der Waals surface area contributed by atoms with E-state index < -0.39 is 5.24 Å². The molecule has 5 heteroatoms. The summed E-state index contributed by atoms with van der Waals surface area (Å²) in [6.07, 6.45) is 0.727. The van der Waals surface area contributed by atoms with Gasteiger partial charge in [-0.15, -0.1) is 0 Å². The Morgan fingerprint density at radius 2 is 1.95 bits per heavy atom. The molecule has 1 aromatic carbocycles. The summed E-state index contributed by atoms with van der Waals surface area (Å²) in [7, 11) is 0. The van der Waals surface area contributed by atoms with E-state index in [1.807, 2.05) is 32.0 Å². The molecule has 0 saturated carbocycles. The van der Waals surface area contributed by atoms with Crippen LogP contribution in [0.25, 0.3) is 0 Å². The Kier molecular flexibility index (Phi) is 9.84. The van der Waals surface area contributed by atoms with E-state index in [4.69, 9.17) is 5.73 Å². The van der Waals surface area contributed by atoms with Crippen LogP contribution in [-0.2, 0) is 4.79 Å². The van der Waals surface area contributed by atoms with Gasteiger partial charge in [0.05, 0.1) is 5.25 Å². The summed E-state index contributed by atoms with van der Waals surface area (Å²) in [5, 5.41) is 2.16. The minimum Gasteiger partial charge on any atom is -0.360 e. The number of primary amides is 1. The molecule has 0 fully saturated rings. The molecule has 1 atom stereocenters. The molecule has 0 heterocycles. The van der Waals surface area contributed by atoms with Crippen molar-refractivity contribution >= 4 is 23.3 Å². The Morgan fingerprint density at radius 1 is 1.37 bits per heavy atom. The van der Waals surface area contributed by atoms with E-state index in [-0.39, 0.29) is 5.25 Å². The van der Waals surface area contributed by atoms with Crippen LogP contribution in [0.1, 0.15) is 19.4 Å². The number of carbonyl (C=O) groups excluding carboxylic acids is 2. The fraction of sp³-hybridized carbons (Fsp3) is 0.429. The highest BCUT2D eigenvalue weighted by atomic mass is 32.2. The summed E-state index contributed by atoms with van der Waals surface area (Å²) in [6.45, 7) is 6.50. The molecule has 4 nitrogen and oxygen atoms in total. The average molecular weight is 282 g/mol. The van der Waals surface area contributed by atoms with Gasteiger partial charge in [0.25, 0.3) is 5.24 Å². The monoisotopic (exact) mass is 282 g/mol. The summed E-state index contributed by atoms with van der Waals surface area (Å²) in [4.78, 5) is 20.8. The molecule has 0 bridgehead atoms. The lowest BCUT2D eigenvalue weighted by atomic mass is 10.2. The Morgan fingerprint density at radius 3 is 2.26 bits per heavy atom. The number of amides is 1. The molecule has 1 rings (SSSR count). The van der Waals surface area contributed by atoms with Gasteiger partial charge in [0.1, 0.15) is 6.29 Å². The van der Waals surface area contributed by atoms with E-state index in [9.17, 15) is 9.59 Å². The summed E-state index contributed by atoms with van der Waals surface area (Å²) in [6, 6.07) is 10.6. The third-order valence-electron chi connectivity index (χ3n) is 2.09. The third kappa shape index (κ3) is 11.5. The first-order chi connectivity index (χ1) is 8.95. The van der Waals surface area contributed by atoms with Crippen LogP contribution in [0.2, 0.25) is 0 Å². The van der Waals surface area contributed by atoms with Crippen molar-refractivity contribution in [3.8, 4) is 0 Å².